The predicted octanol–water partition coefficient (Wildman–Crippen LogP) is 0.627. The standard InChI is InChI=1S/C12H17N3O5S/c1-3-4-7-10(21-15-14-7)11(17)13-8(12(18)19)5-6-9(16)20-2/h8H,3-6H2,1-2H3,(H,13,17)(H,18,19). The molecular weight excluding hydrogens is 298 g/mol. The van der Waals surface area contributed by atoms with Crippen molar-refractivity contribution in [3.63, 3.8) is 0 Å². The third-order valence-corrected chi connectivity index (χ3v) is 3.48. The Morgan fingerprint density at radius 3 is 2.71 bits per heavy atom. The summed E-state index contributed by atoms with van der Waals surface area (Å²) < 4.78 is 8.16. The molecule has 0 bridgehead atoms. The molecule has 1 atom stereocenters. The summed E-state index contributed by atoms with van der Waals surface area (Å²) in [5, 5.41) is 15.3. The number of aromatic nitrogens is 2. The van der Waals surface area contributed by atoms with E-state index >= 15 is 0 Å². The molecule has 1 amide bonds. The van der Waals surface area contributed by atoms with Gasteiger partial charge >= 0.3 is 11.9 Å². The largest absolute Gasteiger partial charge is 0.480 e. The lowest BCUT2D eigenvalue weighted by molar-refractivity contribution is -0.142. The van der Waals surface area contributed by atoms with Gasteiger partial charge in [0.05, 0.1) is 12.8 Å². The van der Waals surface area contributed by atoms with Gasteiger partial charge in [0.15, 0.2) is 0 Å². The lowest BCUT2D eigenvalue weighted by atomic mass is 10.1. The Labute approximate surface area is 125 Å². The molecule has 9 heteroatoms. The number of hydrogen-bond acceptors (Lipinski definition) is 7. The van der Waals surface area contributed by atoms with E-state index in [0.717, 1.165) is 18.0 Å². The number of carbonyl (C=O) groups excluding carboxylic acids is 2. The molecule has 0 aromatic carbocycles. The van der Waals surface area contributed by atoms with Crippen LogP contribution in [0.1, 0.15) is 41.6 Å². The first kappa shape index (κ1) is 17.0. The second kappa shape index (κ2) is 8.30. The van der Waals surface area contributed by atoms with Gasteiger partial charge in [0.2, 0.25) is 0 Å². The molecule has 0 aliphatic heterocycles. The minimum absolute atomic E-state index is 0.0386. The molecule has 0 fully saturated rings. The number of methoxy groups -OCH3 is 1. The number of aryl methyl sites for hydroxylation is 1. The number of esters is 1. The van der Waals surface area contributed by atoms with Crippen LogP contribution in [0.5, 0.6) is 0 Å². The molecule has 1 rings (SSSR count). The van der Waals surface area contributed by atoms with Gasteiger partial charge < -0.3 is 15.2 Å². The summed E-state index contributed by atoms with van der Waals surface area (Å²) in [7, 11) is 1.22. The van der Waals surface area contributed by atoms with Crippen molar-refractivity contribution < 1.29 is 24.2 Å². The van der Waals surface area contributed by atoms with Gasteiger partial charge in [-0.3, -0.25) is 9.59 Å². The fraction of sp³-hybridized carbons (Fsp3) is 0.583. The van der Waals surface area contributed by atoms with E-state index in [1.54, 1.807) is 0 Å². The first-order chi connectivity index (χ1) is 9.99. The zero-order chi connectivity index (χ0) is 15.8. The monoisotopic (exact) mass is 315 g/mol. The van der Waals surface area contributed by atoms with E-state index in [1.165, 1.54) is 7.11 Å². The van der Waals surface area contributed by atoms with Crippen molar-refractivity contribution >= 4 is 29.4 Å². The Hall–Kier alpha value is -2.03. The Balaban J connectivity index is 2.69. The molecule has 1 heterocycles. The van der Waals surface area contributed by atoms with Crippen molar-refractivity contribution in [1.82, 2.24) is 14.9 Å². The summed E-state index contributed by atoms with van der Waals surface area (Å²) in [6.07, 6.45) is 1.27. The van der Waals surface area contributed by atoms with Crippen molar-refractivity contribution in [3.8, 4) is 0 Å². The number of carboxylic acids is 1. The topological polar surface area (TPSA) is 118 Å². The predicted molar refractivity (Wildman–Crippen MR) is 74.0 cm³/mol. The van der Waals surface area contributed by atoms with Gasteiger partial charge in [-0.2, -0.15) is 0 Å². The number of amides is 1. The van der Waals surface area contributed by atoms with Crippen LogP contribution in [0.4, 0.5) is 0 Å². The lowest BCUT2D eigenvalue weighted by Gasteiger charge is -2.13. The van der Waals surface area contributed by atoms with E-state index < -0.39 is 23.9 Å². The maximum absolute atomic E-state index is 12.1. The van der Waals surface area contributed by atoms with Crippen molar-refractivity contribution in [3.05, 3.63) is 10.6 Å². The SMILES string of the molecule is CCCc1nnsc1C(=O)NC(CCC(=O)OC)C(=O)O. The number of rotatable bonds is 8. The highest BCUT2D eigenvalue weighted by Gasteiger charge is 2.24. The van der Waals surface area contributed by atoms with E-state index in [-0.39, 0.29) is 12.8 Å². The Kier molecular flexibility index (Phi) is 6.73. The van der Waals surface area contributed by atoms with Crippen LogP contribution in [0.3, 0.4) is 0 Å². The minimum Gasteiger partial charge on any atom is -0.480 e. The highest BCUT2D eigenvalue weighted by molar-refractivity contribution is 7.08. The van der Waals surface area contributed by atoms with Gasteiger partial charge in [0, 0.05) is 6.42 Å². The van der Waals surface area contributed by atoms with Gasteiger partial charge in [0.25, 0.3) is 5.91 Å². The first-order valence-corrected chi connectivity index (χ1v) is 7.18. The highest BCUT2D eigenvalue weighted by atomic mass is 32.1. The molecule has 116 valence electrons. The first-order valence-electron chi connectivity index (χ1n) is 6.41. The number of aliphatic carboxylic acids is 1. The molecule has 0 saturated carbocycles. The maximum Gasteiger partial charge on any atom is 0.326 e. The number of nitrogens with zero attached hydrogens (tertiary/aromatic N) is 2. The summed E-state index contributed by atoms with van der Waals surface area (Å²) in [6.45, 7) is 1.94. The van der Waals surface area contributed by atoms with Crippen molar-refractivity contribution in [2.75, 3.05) is 7.11 Å². The molecule has 0 aliphatic rings. The average molecular weight is 315 g/mol. The average Bonchev–Trinajstić information content (AvgIpc) is 2.91. The Morgan fingerprint density at radius 2 is 2.14 bits per heavy atom. The van der Waals surface area contributed by atoms with Crippen LogP contribution in [0.2, 0.25) is 0 Å². The summed E-state index contributed by atoms with van der Waals surface area (Å²) in [6, 6.07) is -1.16. The van der Waals surface area contributed by atoms with Crippen LogP contribution in [-0.2, 0) is 20.7 Å². The fourth-order valence-corrected chi connectivity index (χ4v) is 2.24. The molecule has 21 heavy (non-hydrogen) atoms. The Morgan fingerprint density at radius 1 is 1.43 bits per heavy atom. The number of carbonyl (C=O) groups is 3. The molecule has 1 aromatic rings. The van der Waals surface area contributed by atoms with Crippen LogP contribution in [0.25, 0.3) is 0 Å². The van der Waals surface area contributed by atoms with Gasteiger partial charge in [-0.1, -0.05) is 17.8 Å². The van der Waals surface area contributed by atoms with Crippen molar-refractivity contribution in [2.45, 2.75) is 38.6 Å². The van der Waals surface area contributed by atoms with E-state index in [1.807, 2.05) is 6.92 Å². The summed E-state index contributed by atoms with van der Waals surface area (Å²) in [4.78, 5) is 34.5. The second-order valence-corrected chi connectivity index (χ2v) is 5.03. The molecule has 0 radical (unpaired) electrons. The molecule has 1 aromatic heterocycles. The Bertz CT molecular complexity index is 517. The smallest absolute Gasteiger partial charge is 0.326 e. The molecule has 0 saturated heterocycles. The molecule has 1 unspecified atom stereocenters. The molecule has 0 aliphatic carbocycles. The van der Waals surface area contributed by atoms with E-state index in [4.69, 9.17) is 5.11 Å². The van der Waals surface area contributed by atoms with Crippen LogP contribution >= 0.6 is 11.5 Å². The van der Waals surface area contributed by atoms with Gasteiger partial charge in [-0.05, 0) is 24.4 Å². The summed E-state index contributed by atoms with van der Waals surface area (Å²) in [5.74, 6) is -2.27. The third-order valence-electron chi connectivity index (χ3n) is 2.72. The number of carboxylic acid groups (broad SMARTS) is 1. The second-order valence-electron chi connectivity index (χ2n) is 4.28. The van der Waals surface area contributed by atoms with E-state index in [9.17, 15) is 14.4 Å². The van der Waals surface area contributed by atoms with Crippen LogP contribution < -0.4 is 5.32 Å². The van der Waals surface area contributed by atoms with Gasteiger partial charge in [-0.25, -0.2) is 4.79 Å². The molecule has 8 nitrogen and oxygen atoms in total. The zero-order valence-electron chi connectivity index (χ0n) is 11.8. The van der Waals surface area contributed by atoms with Crippen LogP contribution in [0, 0.1) is 0 Å². The lowest BCUT2D eigenvalue weighted by Crippen LogP contribution is -2.41. The van der Waals surface area contributed by atoms with Crippen molar-refractivity contribution in [2.24, 2.45) is 0 Å². The number of nitrogens with one attached hydrogen (secondary N) is 1. The van der Waals surface area contributed by atoms with E-state index in [2.05, 4.69) is 19.6 Å². The van der Waals surface area contributed by atoms with Gasteiger partial charge in [-0.15, -0.1) is 5.10 Å². The quantitative estimate of drug-likeness (QED) is 0.675. The van der Waals surface area contributed by atoms with Crippen molar-refractivity contribution in [1.29, 1.82) is 0 Å². The van der Waals surface area contributed by atoms with Gasteiger partial charge in [0.1, 0.15) is 10.9 Å². The number of hydrogen-bond donors (Lipinski definition) is 2. The maximum atomic E-state index is 12.1. The summed E-state index contributed by atoms with van der Waals surface area (Å²) >= 11 is 0.922. The molecule has 2 N–H and O–H groups in total. The molecule has 0 spiro atoms. The van der Waals surface area contributed by atoms with Crippen LogP contribution in [-0.4, -0.2) is 45.7 Å². The zero-order valence-corrected chi connectivity index (χ0v) is 12.6. The normalized spacial score (nSPS) is 11.7. The number of ether oxygens (including phenoxy) is 1. The highest BCUT2D eigenvalue weighted by Crippen LogP contribution is 2.13. The summed E-state index contributed by atoms with van der Waals surface area (Å²) in [5.41, 5.74) is 0.553. The minimum atomic E-state index is -1.21. The third kappa shape index (κ3) is 5.10. The molecular formula is C12H17N3O5S. The van der Waals surface area contributed by atoms with Crippen LogP contribution in [0.15, 0.2) is 0 Å². The fourth-order valence-electron chi connectivity index (χ4n) is 1.63. The van der Waals surface area contributed by atoms with E-state index in [0.29, 0.717) is 17.0 Å².